The van der Waals surface area contributed by atoms with Crippen molar-refractivity contribution in [2.45, 2.75) is 6.54 Å². The van der Waals surface area contributed by atoms with Gasteiger partial charge in [0.25, 0.3) is 5.91 Å². The molecular weight excluding hydrogens is 382 g/mol. The third-order valence-corrected chi connectivity index (χ3v) is 4.53. The van der Waals surface area contributed by atoms with Crippen molar-refractivity contribution in [1.82, 2.24) is 4.90 Å². The molecule has 2 aromatic rings. The Kier molecular flexibility index (Phi) is 6.21. The predicted molar refractivity (Wildman–Crippen MR) is 105 cm³/mol. The summed E-state index contributed by atoms with van der Waals surface area (Å²) in [7, 11) is 3.22. The van der Waals surface area contributed by atoms with Crippen LogP contribution in [0.25, 0.3) is 6.08 Å². The van der Waals surface area contributed by atoms with E-state index in [0.29, 0.717) is 34.2 Å². The lowest BCUT2D eigenvalue weighted by atomic mass is 10.1. The quantitative estimate of drug-likeness (QED) is 0.695. The Bertz CT molecular complexity index is 925. The van der Waals surface area contributed by atoms with Crippen molar-refractivity contribution in [2.75, 3.05) is 27.4 Å². The van der Waals surface area contributed by atoms with Gasteiger partial charge >= 0.3 is 5.97 Å². The Hall–Kier alpha value is -2.99. The van der Waals surface area contributed by atoms with E-state index >= 15 is 0 Å². The number of amides is 1. The topological polar surface area (TPSA) is 65.1 Å². The highest BCUT2D eigenvalue weighted by Crippen LogP contribution is 2.29. The van der Waals surface area contributed by atoms with Crippen molar-refractivity contribution < 1.29 is 23.8 Å². The number of halogens is 1. The number of hydrogen-bond acceptors (Lipinski definition) is 5. The van der Waals surface area contributed by atoms with E-state index in [4.69, 9.17) is 25.8 Å². The predicted octanol–water partition coefficient (Wildman–Crippen LogP) is 3.33. The summed E-state index contributed by atoms with van der Waals surface area (Å²) in [5.74, 6) is 0.430. The van der Waals surface area contributed by atoms with Crippen LogP contribution >= 0.6 is 11.6 Å². The molecule has 0 saturated heterocycles. The Morgan fingerprint density at radius 2 is 2.00 bits per heavy atom. The molecule has 0 bridgehead atoms. The molecule has 0 aromatic heterocycles. The highest BCUT2D eigenvalue weighted by atomic mass is 35.5. The summed E-state index contributed by atoms with van der Waals surface area (Å²) in [6, 6.07) is 12.6. The van der Waals surface area contributed by atoms with Gasteiger partial charge in [-0.15, -0.1) is 0 Å². The summed E-state index contributed by atoms with van der Waals surface area (Å²) in [6.07, 6.45) is 1.66. The summed E-state index contributed by atoms with van der Waals surface area (Å²) >= 11 is 5.97. The molecule has 146 valence electrons. The first-order valence-corrected chi connectivity index (χ1v) is 9.01. The number of carbonyl (C=O) groups excluding carboxylic acids is 2. The smallest absolute Gasteiger partial charge is 0.338 e. The van der Waals surface area contributed by atoms with Gasteiger partial charge in [-0.25, -0.2) is 4.79 Å². The summed E-state index contributed by atoms with van der Waals surface area (Å²) < 4.78 is 16.0. The fourth-order valence-corrected chi connectivity index (χ4v) is 2.95. The minimum absolute atomic E-state index is 0.0821. The molecule has 0 fully saturated rings. The number of ether oxygens (including phenoxy) is 3. The van der Waals surface area contributed by atoms with E-state index in [1.54, 1.807) is 38.4 Å². The first-order valence-electron chi connectivity index (χ1n) is 8.64. The maximum atomic E-state index is 12.3. The van der Waals surface area contributed by atoms with Crippen molar-refractivity contribution in [3.05, 3.63) is 64.2 Å². The van der Waals surface area contributed by atoms with Crippen LogP contribution in [-0.2, 0) is 20.9 Å². The number of nitrogens with zero attached hydrogens (tertiary/aromatic N) is 1. The van der Waals surface area contributed by atoms with Crippen LogP contribution in [0.15, 0.2) is 48.0 Å². The molecule has 1 heterocycles. The fraction of sp³-hybridized carbons (Fsp3) is 0.238. The number of likely N-dealkylation sites (N-methyl/N-ethyl adjacent to an activating group) is 1. The summed E-state index contributed by atoms with van der Waals surface area (Å²) in [6.45, 7) is 0.0705. The first-order chi connectivity index (χ1) is 13.5. The molecule has 7 heteroatoms. The van der Waals surface area contributed by atoms with E-state index in [-0.39, 0.29) is 19.1 Å². The molecule has 6 nitrogen and oxygen atoms in total. The molecule has 3 rings (SSSR count). The van der Waals surface area contributed by atoms with Gasteiger partial charge in [0.05, 0.1) is 12.7 Å². The minimum atomic E-state index is -0.593. The third kappa shape index (κ3) is 4.64. The van der Waals surface area contributed by atoms with Gasteiger partial charge in [0.15, 0.2) is 6.61 Å². The van der Waals surface area contributed by atoms with Crippen LogP contribution in [0.2, 0.25) is 5.02 Å². The van der Waals surface area contributed by atoms with E-state index in [9.17, 15) is 9.59 Å². The van der Waals surface area contributed by atoms with Crippen LogP contribution < -0.4 is 9.47 Å². The van der Waals surface area contributed by atoms with E-state index in [2.05, 4.69) is 0 Å². The molecule has 0 N–H and O–H groups in total. The molecule has 1 aliphatic heterocycles. The van der Waals surface area contributed by atoms with E-state index in [1.165, 1.54) is 4.90 Å². The number of carbonyl (C=O) groups is 2. The van der Waals surface area contributed by atoms with Gasteiger partial charge in [-0.3, -0.25) is 4.79 Å². The molecule has 0 aliphatic carbocycles. The SMILES string of the molecule is COc1ccccc1CN(C)C(=O)COC(=O)C1=Cc2cc(Cl)ccc2OC1. The Balaban J connectivity index is 1.57. The molecule has 1 aliphatic rings. The van der Waals surface area contributed by atoms with Gasteiger partial charge in [-0.05, 0) is 30.3 Å². The molecule has 2 aromatic carbocycles. The minimum Gasteiger partial charge on any atom is -0.496 e. The van der Waals surface area contributed by atoms with E-state index < -0.39 is 5.97 Å². The Morgan fingerprint density at radius 3 is 2.79 bits per heavy atom. The van der Waals surface area contributed by atoms with Gasteiger partial charge in [0, 0.05) is 29.7 Å². The van der Waals surface area contributed by atoms with Crippen LogP contribution in [0.3, 0.4) is 0 Å². The van der Waals surface area contributed by atoms with Gasteiger partial charge in [0.1, 0.15) is 18.1 Å². The van der Waals surface area contributed by atoms with Crippen LogP contribution in [-0.4, -0.2) is 44.1 Å². The third-order valence-electron chi connectivity index (χ3n) is 4.30. The molecule has 0 atom stereocenters. The second-order valence-electron chi connectivity index (χ2n) is 6.28. The number of fused-ring (bicyclic) bond motifs is 1. The number of benzene rings is 2. The van der Waals surface area contributed by atoms with Gasteiger partial charge < -0.3 is 19.1 Å². The fourth-order valence-electron chi connectivity index (χ4n) is 2.77. The molecule has 0 saturated carbocycles. The number of hydrogen-bond donors (Lipinski definition) is 0. The zero-order valence-electron chi connectivity index (χ0n) is 15.6. The lowest BCUT2D eigenvalue weighted by Crippen LogP contribution is -2.31. The number of esters is 1. The number of para-hydroxylation sites is 1. The number of rotatable bonds is 6. The van der Waals surface area contributed by atoms with Crippen molar-refractivity contribution >= 4 is 29.6 Å². The van der Waals surface area contributed by atoms with E-state index in [0.717, 1.165) is 5.56 Å². The maximum Gasteiger partial charge on any atom is 0.338 e. The standard InChI is InChI=1S/C21H20ClNO5/c1-23(11-14-5-3-4-6-18(14)26-2)20(24)13-28-21(25)16-9-15-10-17(22)7-8-19(15)27-12-16/h3-10H,11-13H2,1-2H3. The summed E-state index contributed by atoms with van der Waals surface area (Å²) in [4.78, 5) is 26.1. The Morgan fingerprint density at radius 1 is 1.21 bits per heavy atom. The van der Waals surface area contributed by atoms with Gasteiger partial charge in [-0.1, -0.05) is 29.8 Å². The Labute approximate surface area is 168 Å². The highest BCUT2D eigenvalue weighted by molar-refractivity contribution is 6.30. The average molecular weight is 402 g/mol. The van der Waals surface area contributed by atoms with Crippen LogP contribution in [0.5, 0.6) is 11.5 Å². The second-order valence-corrected chi connectivity index (χ2v) is 6.71. The monoisotopic (exact) mass is 401 g/mol. The second kappa shape index (κ2) is 8.80. The lowest BCUT2D eigenvalue weighted by Gasteiger charge is -2.20. The molecule has 1 amide bonds. The highest BCUT2D eigenvalue weighted by Gasteiger charge is 2.20. The van der Waals surface area contributed by atoms with Crippen LogP contribution in [0.1, 0.15) is 11.1 Å². The molecule has 0 spiro atoms. The number of methoxy groups -OCH3 is 1. The van der Waals surface area contributed by atoms with Crippen molar-refractivity contribution in [3.63, 3.8) is 0 Å². The van der Waals surface area contributed by atoms with Gasteiger partial charge in [-0.2, -0.15) is 0 Å². The largest absolute Gasteiger partial charge is 0.496 e. The van der Waals surface area contributed by atoms with Crippen LogP contribution in [0, 0.1) is 0 Å². The van der Waals surface area contributed by atoms with Crippen molar-refractivity contribution in [1.29, 1.82) is 0 Å². The normalized spacial score (nSPS) is 12.3. The maximum absolute atomic E-state index is 12.3. The average Bonchev–Trinajstić information content (AvgIpc) is 2.71. The molecule has 28 heavy (non-hydrogen) atoms. The molecular formula is C21H20ClNO5. The van der Waals surface area contributed by atoms with Crippen molar-refractivity contribution in [2.24, 2.45) is 0 Å². The zero-order chi connectivity index (χ0) is 20.1. The lowest BCUT2D eigenvalue weighted by molar-refractivity contribution is -0.148. The first kappa shape index (κ1) is 19.8. The molecule has 0 unspecified atom stereocenters. The van der Waals surface area contributed by atoms with Gasteiger partial charge in [0.2, 0.25) is 0 Å². The van der Waals surface area contributed by atoms with E-state index in [1.807, 2.05) is 24.3 Å². The molecule has 0 radical (unpaired) electrons. The van der Waals surface area contributed by atoms with Crippen molar-refractivity contribution in [3.8, 4) is 11.5 Å². The zero-order valence-corrected chi connectivity index (χ0v) is 16.4. The summed E-state index contributed by atoms with van der Waals surface area (Å²) in [5, 5.41) is 0.543. The summed E-state index contributed by atoms with van der Waals surface area (Å²) in [5.41, 5.74) is 1.89. The van der Waals surface area contributed by atoms with Crippen LogP contribution in [0.4, 0.5) is 0 Å².